The first-order valence-electron chi connectivity index (χ1n) is 5.53. The van der Waals surface area contributed by atoms with Crippen LogP contribution in [-0.2, 0) is 4.74 Å². The van der Waals surface area contributed by atoms with E-state index in [9.17, 15) is 5.11 Å². The summed E-state index contributed by atoms with van der Waals surface area (Å²) in [5.41, 5.74) is 7.06. The van der Waals surface area contributed by atoms with E-state index in [-0.39, 0.29) is 6.10 Å². The number of hydrogen-bond donors (Lipinski definition) is 2. The normalized spacial score (nSPS) is 23.0. The molecule has 0 aromatic heterocycles. The predicted molar refractivity (Wildman–Crippen MR) is 64.4 cm³/mol. The molecule has 0 aliphatic carbocycles. The minimum Gasteiger partial charge on any atom is -0.398 e. The van der Waals surface area contributed by atoms with Crippen LogP contribution in [0.25, 0.3) is 0 Å². The highest BCUT2D eigenvalue weighted by molar-refractivity contribution is 6.30. The summed E-state index contributed by atoms with van der Waals surface area (Å²) in [5.74, 6) is 0. The molecule has 0 radical (unpaired) electrons. The minimum absolute atomic E-state index is 0.141. The Hall–Kier alpha value is -0.770. The van der Waals surface area contributed by atoms with Gasteiger partial charge in [-0.25, -0.2) is 0 Å². The van der Waals surface area contributed by atoms with E-state index in [1.54, 1.807) is 18.2 Å². The zero-order valence-corrected chi connectivity index (χ0v) is 9.78. The van der Waals surface area contributed by atoms with Gasteiger partial charge < -0.3 is 15.6 Å². The van der Waals surface area contributed by atoms with Crippen molar-refractivity contribution in [3.8, 4) is 0 Å². The average molecular weight is 242 g/mol. The van der Waals surface area contributed by atoms with E-state index in [2.05, 4.69) is 0 Å². The van der Waals surface area contributed by atoms with Crippen molar-refractivity contribution in [1.82, 2.24) is 0 Å². The number of aliphatic hydroxyl groups is 1. The van der Waals surface area contributed by atoms with E-state index in [1.807, 2.05) is 0 Å². The Morgan fingerprint density at radius 3 is 2.88 bits per heavy atom. The molecule has 1 aromatic rings. The molecule has 0 saturated carbocycles. The Morgan fingerprint density at radius 2 is 2.25 bits per heavy atom. The summed E-state index contributed by atoms with van der Waals surface area (Å²) in [7, 11) is 0. The Labute approximate surface area is 100 Å². The lowest BCUT2D eigenvalue weighted by atomic mass is 9.97. The van der Waals surface area contributed by atoms with Crippen molar-refractivity contribution >= 4 is 17.3 Å². The third kappa shape index (κ3) is 2.48. The molecule has 0 amide bonds. The van der Waals surface area contributed by atoms with Gasteiger partial charge >= 0.3 is 0 Å². The lowest BCUT2D eigenvalue weighted by Gasteiger charge is -2.28. The van der Waals surface area contributed by atoms with Gasteiger partial charge in [0.05, 0.1) is 6.10 Å². The Kier molecular flexibility index (Phi) is 3.69. The van der Waals surface area contributed by atoms with E-state index in [4.69, 9.17) is 22.1 Å². The molecule has 1 fully saturated rings. The quantitative estimate of drug-likeness (QED) is 0.783. The predicted octanol–water partition coefficient (Wildman–Crippen LogP) is 2.52. The summed E-state index contributed by atoms with van der Waals surface area (Å²) in [6, 6.07) is 5.16. The SMILES string of the molecule is Nc1cc(Cl)ccc1C(O)C1CCCCO1. The molecule has 1 aliphatic rings. The first-order chi connectivity index (χ1) is 7.68. The molecule has 3 N–H and O–H groups in total. The molecule has 1 aliphatic heterocycles. The van der Waals surface area contributed by atoms with E-state index in [0.29, 0.717) is 16.3 Å². The second kappa shape index (κ2) is 5.04. The van der Waals surface area contributed by atoms with Gasteiger partial charge in [0.2, 0.25) is 0 Å². The molecule has 2 unspecified atom stereocenters. The van der Waals surface area contributed by atoms with Crippen molar-refractivity contribution in [1.29, 1.82) is 0 Å². The Morgan fingerprint density at radius 1 is 1.44 bits per heavy atom. The topological polar surface area (TPSA) is 55.5 Å². The molecule has 1 aromatic carbocycles. The van der Waals surface area contributed by atoms with Crippen LogP contribution in [0.4, 0.5) is 5.69 Å². The van der Waals surface area contributed by atoms with Crippen LogP contribution in [0.1, 0.15) is 30.9 Å². The van der Waals surface area contributed by atoms with Crippen LogP contribution < -0.4 is 5.73 Å². The van der Waals surface area contributed by atoms with Gasteiger partial charge in [0.15, 0.2) is 0 Å². The lowest BCUT2D eigenvalue weighted by molar-refractivity contribution is -0.0630. The van der Waals surface area contributed by atoms with Crippen molar-refractivity contribution in [2.45, 2.75) is 31.5 Å². The van der Waals surface area contributed by atoms with Gasteiger partial charge in [-0.2, -0.15) is 0 Å². The smallest absolute Gasteiger partial charge is 0.107 e. The number of halogens is 1. The standard InChI is InChI=1S/C12H16ClNO2/c13-8-4-5-9(10(14)7-8)12(15)11-3-1-2-6-16-11/h4-5,7,11-12,15H,1-3,6,14H2. The molecule has 1 heterocycles. The van der Waals surface area contributed by atoms with Gasteiger partial charge in [0, 0.05) is 22.9 Å². The Bertz CT molecular complexity index is 364. The molecule has 1 saturated heterocycles. The molecule has 3 nitrogen and oxygen atoms in total. The van der Waals surface area contributed by atoms with Gasteiger partial charge in [0.1, 0.15) is 6.10 Å². The monoisotopic (exact) mass is 241 g/mol. The number of aliphatic hydroxyl groups excluding tert-OH is 1. The maximum atomic E-state index is 10.2. The fourth-order valence-electron chi connectivity index (χ4n) is 2.03. The summed E-state index contributed by atoms with van der Waals surface area (Å²) < 4.78 is 5.54. The highest BCUT2D eigenvalue weighted by Crippen LogP contribution is 2.30. The molecule has 4 heteroatoms. The van der Waals surface area contributed by atoms with Crippen molar-refractivity contribution in [2.75, 3.05) is 12.3 Å². The zero-order chi connectivity index (χ0) is 11.5. The number of anilines is 1. The van der Waals surface area contributed by atoms with Crippen LogP contribution in [0.5, 0.6) is 0 Å². The maximum Gasteiger partial charge on any atom is 0.107 e. The van der Waals surface area contributed by atoms with Gasteiger partial charge in [-0.05, 0) is 31.4 Å². The first-order valence-corrected chi connectivity index (χ1v) is 5.91. The molecule has 16 heavy (non-hydrogen) atoms. The summed E-state index contributed by atoms with van der Waals surface area (Å²) >= 11 is 5.81. The van der Waals surface area contributed by atoms with Crippen LogP contribution in [0.15, 0.2) is 18.2 Å². The fraction of sp³-hybridized carbons (Fsp3) is 0.500. The Balaban J connectivity index is 2.15. The van der Waals surface area contributed by atoms with E-state index in [1.165, 1.54) is 0 Å². The second-order valence-electron chi connectivity index (χ2n) is 4.12. The average Bonchev–Trinajstić information content (AvgIpc) is 2.29. The largest absolute Gasteiger partial charge is 0.398 e. The minimum atomic E-state index is -0.655. The fourth-order valence-corrected chi connectivity index (χ4v) is 2.21. The van der Waals surface area contributed by atoms with Gasteiger partial charge in [-0.15, -0.1) is 0 Å². The molecule has 2 atom stereocenters. The third-order valence-electron chi connectivity index (χ3n) is 2.93. The molecular weight excluding hydrogens is 226 g/mol. The van der Waals surface area contributed by atoms with Gasteiger partial charge in [0.25, 0.3) is 0 Å². The van der Waals surface area contributed by atoms with Crippen LogP contribution in [0, 0.1) is 0 Å². The van der Waals surface area contributed by atoms with Gasteiger partial charge in [-0.1, -0.05) is 17.7 Å². The van der Waals surface area contributed by atoms with E-state index >= 15 is 0 Å². The second-order valence-corrected chi connectivity index (χ2v) is 4.56. The number of rotatable bonds is 2. The molecule has 0 bridgehead atoms. The van der Waals surface area contributed by atoms with Gasteiger partial charge in [-0.3, -0.25) is 0 Å². The van der Waals surface area contributed by atoms with Crippen molar-refractivity contribution in [2.24, 2.45) is 0 Å². The highest BCUT2D eigenvalue weighted by atomic mass is 35.5. The number of ether oxygens (including phenoxy) is 1. The van der Waals surface area contributed by atoms with Crippen molar-refractivity contribution in [3.63, 3.8) is 0 Å². The number of benzene rings is 1. The van der Waals surface area contributed by atoms with Crippen LogP contribution in [0.3, 0.4) is 0 Å². The molecule has 2 rings (SSSR count). The summed E-state index contributed by atoms with van der Waals surface area (Å²) in [4.78, 5) is 0. The number of hydrogen-bond acceptors (Lipinski definition) is 3. The summed E-state index contributed by atoms with van der Waals surface area (Å²) in [6.07, 6.45) is 2.24. The van der Waals surface area contributed by atoms with Crippen LogP contribution >= 0.6 is 11.6 Å². The summed E-state index contributed by atoms with van der Waals surface area (Å²) in [6.45, 7) is 0.717. The first kappa shape index (κ1) is 11.7. The highest BCUT2D eigenvalue weighted by Gasteiger charge is 2.25. The summed E-state index contributed by atoms with van der Waals surface area (Å²) in [5, 5.41) is 10.8. The van der Waals surface area contributed by atoms with Crippen molar-refractivity contribution in [3.05, 3.63) is 28.8 Å². The molecule has 88 valence electrons. The van der Waals surface area contributed by atoms with E-state index < -0.39 is 6.10 Å². The van der Waals surface area contributed by atoms with E-state index in [0.717, 1.165) is 25.9 Å². The molecular formula is C12H16ClNO2. The lowest BCUT2D eigenvalue weighted by Crippen LogP contribution is -2.26. The zero-order valence-electron chi connectivity index (χ0n) is 9.03. The third-order valence-corrected chi connectivity index (χ3v) is 3.17. The van der Waals surface area contributed by atoms with Crippen LogP contribution in [0.2, 0.25) is 5.02 Å². The van der Waals surface area contributed by atoms with Crippen molar-refractivity contribution < 1.29 is 9.84 Å². The maximum absolute atomic E-state index is 10.2. The number of nitrogens with two attached hydrogens (primary N) is 1. The molecule has 0 spiro atoms. The number of nitrogen functional groups attached to an aromatic ring is 1. The van der Waals surface area contributed by atoms with Crippen LogP contribution in [-0.4, -0.2) is 17.8 Å².